The number of benzene rings is 2. The zero-order chi connectivity index (χ0) is 22.2. The summed E-state index contributed by atoms with van der Waals surface area (Å²) in [7, 11) is 0. The van der Waals surface area contributed by atoms with Crippen molar-refractivity contribution in [2.24, 2.45) is 0 Å². The fourth-order valence-electron chi connectivity index (χ4n) is 4.37. The maximum Gasteiger partial charge on any atom is 0.304 e. The Morgan fingerprint density at radius 2 is 2.12 bits per heavy atom. The molecule has 8 nitrogen and oxygen atoms in total. The highest BCUT2D eigenvalue weighted by atomic mass is 16.5. The normalized spacial score (nSPS) is 14.2. The summed E-state index contributed by atoms with van der Waals surface area (Å²) in [6.45, 7) is 6.32. The first-order valence-electron chi connectivity index (χ1n) is 10.9. The van der Waals surface area contributed by atoms with Gasteiger partial charge in [0.1, 0.15) is 0 Å². The number of hydrogen-bond donors (Lipinski definition) is 1. The van der Waals surface area contributed by atoms with Gasteiger partial charge in [-0.2, -0.15) is 10.1 Å². The molecule has 0 bridgehead atoms. The number of fused-ring (bicyclic) bond motifs is 2. The quantitative estimate of drug-likeness (QED) is 0.489. The number of carboxylic acids is 1. The number of carbonyl (C=O) groups is 1. The predicted molar refractivity (Wildman–Crippen MR) is 120 cm³/mol. The van der Waals surface area contributed by atoms with E-state index in [2.05, 4.69) is 40.1 Å². The Hall–Kier alpha value is -3.52. The van der Waals surface area contributed by atoms with Crippen LogP contribution in [-0.4, -0.2) is 49.0 Å². The maximum absolute atomic E-state index is 10.9. The summed E-state index contributed by atoms with van der Waals surface area (Å²) in [6, 6.07) is 12.5. The van der Waals surface area contributed by atoms with Crippen LogP contribution in [0.2, 0.25) is 0 Å². The maximum atomic E-state index is 10.9. The van der Waals surface area contributed by atoms with Gasteiger partial charge in [0.15, 0.2) is 0 Å². The van der Waals surface area contributed by atoms with E-state index in [1.807, 2.05) is 41.2 Å². The van der Waals surface area contributed by atoms with Crippen LogP contribution in [0, 0.1) is 0 Å². The summed E-state index contributed by atoms with van der Waals surface area (Å²) in [5.74, 6) is 0.295. The first kappa shape index (κ1) is 20.4. The van der Waals surface area contributed by atoms with Crippen molar-refractivity contribution in [3.63, 3.8) is 0 Å². The number of hydrogen-bond acceptors (Lipinski definition) is 6. The number of carboxylic acid groups (broad SMARTS) is 1. The van der Waals surface area contributed by atoms with Gasteiger partial charge in [0.2, 0.25) is 5.82 Å². The van der Waals surface area contributed by atoms with Gasteiger partial charge >= 0.3 is 5.97 Å². The van der Waals surface area contributed by atoms with Crippen molar-refractivity contribution in [1.29, 1.82) is 0 Å². The van der Waals surface area contributed by atoms with Crippen LogP contribution in [0.3, 0.4) is 0 Å². The molecule has 1 aliphatic heterocycles. The van der Waals surface area contributed by atoms with E-state index in [0.29, 0.717) is 18.3 Å². The molecule has 2 aromatic heterocycles. The molecule has 5 rings (SSSR count). The van der Waals surface area contributed by atoms with Gasteiger partial charge in [0.05, 0.1) is 18.1 Å². The predicted octanol–water partition coefficient (Wildman–Crippen LogP) is 4.17. The third kappa shape index (κ3) is 3.78. The van der Waals surface area contributed by atoms with E-state index >= 15 is 0 Å². The molecule has 4 aromatic rings. The standard InChI is InChI=1S/C24H25N5O3/c1-15(2)29-21-7-6-16(12-18(21)13-25-29)24-26-23(27-32-24)20-5-3-4-17-14-28(10-8-19(17)20)11-9-22(30)31/h3-7,12-13,15H,8-11,14H2,1-2H3,(H,30,31). The third-order valence-corrected chi connectivity index (χ3v) is 5.99. The molecule has 0 atom stereocenters. The van der Waals surface area contributed by atoms with E-state index in [4.69, 9.17) is 9.63 Å². The van der Waals surface area contributed by atoms with E-state index in [1.165, 1.54) is 11.1 Å². The van der Waals surface area contributed by atoms with E-state index in [9.17, 15) is 4.79 Å². The van der Waals surface area contributed by atoms with Crippen molar-refractivity contribution < 1.29 is 14.4 Å². The Balaban J connectivity index is 1.42. The first-order valence-corrected chi connectivity index (χ1v) is 10.9. The number of aromatic nitrogens is 4. The lowest BCUT2D eigenvalue weighted by Crippen LogP contribution is -2.32. The van der Waals surface area contributed by atoms with Crippen molar-refractivity contribution in [2.45, 2.75) is 39.3 Å². The minimum Gasteiger partial charge on any atom is -0.481 e. The summed E-state index contributed by atoms with van der Waals surface area (Å²) >= 11 is 0. The smallest absolute Gasteiger partial charge is 0.304 e. The molecule has 0 spiro atoms. The summed E-state index contributed by atoms with van der Waals surface area (Å²) in [4.78, 5) is 17.8. The van der Waals surface area contributed by atoms with Gasteiger partial charge in [-0.05, 0) is 49.6 Å². The topological polar surface area (TPSA) is 97.3 Å². The lowest BCUT2D eigenvalue weighted by molar-refractivity contribution is -0.137. The molecular formula is C24H25N5O3. The summed E-state index contributed by atoms with van der Waals surface area (Å²) in [5.41, 5.74) is 5.31. The Morgan fingerprint density at radius 1 is 1.25 bits per heavy atom. The second-order valence-electron chi connectivity index (χ2n) is 8.49. The molecule has 0 unspecified atom stereocenters. The van der Waals surface area contributed by atoms with Gasteiger partial charge in [0.25, 0.3) is 5.89 Å². The van der Waals surface area contributed by atoms with Gasteiger partial charge in [-0.1, -0.05) is 23.4 Å². The minimum atomic E-state index is -0.765. The van der Waals surface area contributed by atoms with Crippen molar-refractivity contribution in [2.75, 3.05) is 13.1 Å². The molecular weight excluding hydrogens is 406 g/mol. The van der Waals surface area contributed by atoms with Crippen LogP contribution in [0.25, 0.3) is 33.7 Å². The van der Waals surface area contributed by atoms with Crippen molar-refractivity contribution in [3.8, 4) is 22.8 Å². The molecule has 0 fully saturated rings. The van der Waals surface area contributed by atoms with Gasteiger partial charge < -0.3 is 9.63 Å². The van der Waals surface area contributed by atoms with Gasteiger partial charge in [-0.15, -0.1) is 0 Å². The van der Waals surface area contributed by atoms with Gasteiger partial charge in [-0.25, -0.2) is 0 Å². The van der Waals surface area contributed by atoms with Gasteiger partial charge in [-0.3, -0.25) is 14.4 Å². The summed E-state index contributed by atoms with van der Waals surface area (Å²) < 4.78 is 7.62. The van der Waals surface area contributed by atoms with E-state index < -0.39 is 5.97 Å². The number of rotatable bonds is 6. The van der Waals surface area contributed by atoms with Crippen LogP contribution in [0.5, 0.6) is 0 Å². The molecule has 0 amide bonds. The molecule has 3 heterocycles. The molecule has 0 saturated heterocycles. The average molecular weight is 431 g/mol. The molecule has 164 valence electrons. The number of nitrogens with zero attached hydrogens (tertiary/aromatic N) is 5. The third-order valence-electron chi connectivity index (χ3n) is 5.99. The van der Waals surface area contributed by atoms with Crippen LogP contribution in [0.15, 0.2) is 47.1 Å². The van der Waals surface area contributed by atoms with Crippen LogP contribution in [0.4, 0.5) is 0 Å². The molecule has 0 saturated carbocycles. The largest absolute Gasteiger partial charge is 0.481 e. The highest BCUT2D eigenvalue weighted by Crippen LogP contribution is 2.31. The lowest BCUT2D eigenvalue weighted by atomic mass is 9.94. The van der Waals surface area contributed by atoms with E-state index in [1.54, 1.807) is 0 Å². The Kier molecular flexibility index (Phi) is 5.22. The second-order valence-corrected chi connectivity index (χ2v) is 8.49. The molecule has 0 aliphatic carbocycles. The minimum absolute atomic E-state index is 0.156. The van der Waals surface area contributed by atoms with E-state index in [-0.39, 0.29) is 12.5 Å². The monoisotopic (exact) mass is 431 g/mol. The molecule has 1 N–H and O–H groups in total. The highest BCUT2D eigenvalue weighted by molar-refractivity contribution is 5.83. The molecule has 8 heteroatoms. The van der Waals surface area contributed by atoms with Crippen molar-refractivity contribution >= 4 is 16.9 Å². The van der Waals surface area contributed by atoms with Crippen molar-refractivity contribution in [3.05, 3.63) is 53.7 Å². The van der Waals surface area contributed by atoms with E-state index in [0.717, 1.165) is 41.5 Å². The van der Waals surface area contributed by atoms with Crippen LogP contribution >= 0.6 is 0 Å². The fraction of sp³-hybridized carbons (Fsp3) is 0.333. The van der Waals surface area contributed by atoms with Gasteiger partial charge in [0, 0.05) is 42.2 Å². The molecule has 2 aromatic carbocycles. The summed E-state index contributed by atoms with van der Waals surface area (Å²) in [6.07, 6.45) is 2.85. The number of aliphatic carboxylic acids is 1. The lowest BCUT2D eigenvalue weighted by Gasteiger charge is -2.29. The highest BCUT2D eigenvalue weighted by Gasteiger charge is 2.22. The Labute approximate surface area is 185 Å². The second kappa shape index (κ2) is 8.20. The van der Waals surface area contributed by atoms with Crippen LogP contribution in [0.1, 0.15) is 37.4 Å². The van der Waals surface area contributed by atoms with Crippen LogP contribution < -0.4 is 0 Å². The molecule has 0 radical (unpaired) electrons. The average Bonchev–Trinajstić information content (AvgIpc) is 3.44. The van der Waals surface area contributed by atoms with Crippen LogP contribution in [-0.2, 0) is 17.8 Å². The molecule has 32 heavy (non-hydrogen) atoms. The zero-order valence-electron chi connectivity index (χ0n) is 18.2. The van der Waals surface area contributed by atoms with Crippen molar-refractivity contribution in [1.82, 2.24) is 24.8 Å². The Bertz CT molecular complexity index is 1290. The Morgan fingerprint density at radius 3 is 2.94 bits per heavy atom. The summed E-state index contributed by atoms with van der Waals surface area (Å²) in [5, 5.41) is 18.7. The first-order chi connectivity index (χ1) is 15.5. The zero-order valence-corrected chi connectivity index (χ0v) is 18.2. The fourth-order valence-corrected chi connectivity index (χ4v) is 4.37. The molecule has 1 aliphatic rings. The SMILES string of the molecule is CC(C)n1ncc2cc(-c3nc(-c4cccc5c4CCN(CCC(=O)O)C5)no3)ccc21.